The third kappa shape index (κ3) is 6.17. The van der Waals surface area contributed by atoms with Gasteiger partial charge in [-0.05, 0) is 20.3 Å². The molecule has 1 amide bonds. The van der Waals surface area contributed by atoms with Crippen LogP contribution < -0.4 is 10.6 Å². The first-order valence-corrected chi connectivity index (χ1v) is 11.0. The fraction of sp³-hybridized carbons (Fsp3) is 0.857. The monoisotopic (exact) mass is 462 g/mol. The van der Waals surface area contributed by atoms with Crippen LogP contribution in [0.3, 0.4) is 0 Å². The number of aliphatic hydroxyl groups is 4. The van der Waals surface area contributed by atoms with Crippen molar-refractivity contribution in [1.82, 2.24) is 10.6 Å². The molecule has 2 rings (SSSR count). The van der Waals surface area contributed by atoms with Gasteiger partial charge in [-0.2, -0.15) is 0 Å². The maximum absolute atomic E-state index is 12.7. The van der Waals surface area contributed by atoms with E-state index in [1.807, 2.05) is 6.92 Å². The lowest BCUT2D eigenvalue weighted by atomic mass is 9.92. The number of methoxy groups -OCH3 is 1. The van der Waals surface area contributed by atoms with Crippen LogP contribution in [0.5, 0.6) is 0 Å². The summed E-state index contributed by atoms with van der Waals surface area (Å²) in [6, 6.07) is -0.602. The first kappa shape index (κ1) is 26.9. The van der Waals surface area contributed by atoms with E-state index in [-0.39, 0.29) is 0 Å². The minimum absolute atomic E-state index is 0.425. The Balaban J connectivity index is 2.24. The summed E-state index contributed by atoms with van der Waals surface area (Å²) in [5.41, 5.74) is 0.589. The highest BCUT2D eigenvalue weighted by atomic mass is 16.7. The molecular formula is C21H38N2O9. The molecule has 0 bridgehead atoms. The van der Waals surface area contributed by atoms with E-state index in [1.165, 1.54) is 7.11 Å². The molecule has 2 fully saturated rings. The predicted octanol–water partition coefficient (Wildman–Crippen LogP) is -1.62. The summed E-state index contributed by atoms with van der Waals surface area (Å²) in [7, 11) is 1.31. The molecule has 0 spiro atoms. The van der Waals surface area contributed by atoms with Crippen LogP contribution in [0.1, 0.15) is 33.6 Å². The number of unbranched alkanes of at least 4 members (excludes halogenated alkanes) is 1. The molecule has 6 N–H and O–H groups in total. The van der Waals surface area contributed by atoms with Crippen molar-refractivity contribution in [3.8, 4) is 0 Å². The molecule has 0 radical (unpaired) electrons. The second-order valence-corrected chi connectivity index (χ2v) is 8.36. The Morgan fingerprint density at radius 1 is 1.12 bits per heavy atom. The lowest BCUT2D eigenvalue weighted by Gasteiger charge is -2.47. The number of aliphatic hydroxyl groups excluding tert-OH is 4. The second-order valence-electron chi connectivity index (χ2n) is 8.36. The molecule has 2 aliphatic rings. The van der Waals surface area contributed by atoms with E-state index in [2.05, 4.69) is 17.2 Å². The highest BCUT2D eigenvalue weighted by molar-refractivity contribution is 5.81. The largest absolute Gasteiger partial charge is 0.394 e. The number of carbonyl (C=O) groups is 1. The van der Waals surface area contributed by atoms with Crippen molar-refractivity contribution >= 4 is 5.91 Å². The summed E-state index contributed by atoms with van der Waals surface area (Å²) >= 11 is 0. The van der Waals surface area contributed by atoms with Gasteiger partial charge in [-0.25, -0.2) is 0 Å². The van der Waals surface area contributed by atoms with Gasteiger partial charge in [-0.3, -0.25) is 4.79 Å². The number of hydrogen-bond acceptors (Lipinski definition) is 10. The highest BCUT2D eigenvalue weighted by Crippen LogP contribution is 2.30. The van der Waals surface area contributed by atoms with E-state index in [0.29, 0.717) is 12.2 Å². The molecule has 11 nitrogen and oxygen atoms in total. The molecule has 2 aliphatic heterocycles. The maximum atomic E-state index is 12.7. The number of nitrogens with one attached hydrogen (secondary N) is 2. The molecule has 2 heterocycles. The third-order valence-electron chi connectivity index (χ3n) is 5.76. The van der Waals surface area contributed by atoms with E-state index in [1.54, 1.807) is 13.8 Å². The third-order valence-corrected chi connectivity index (χ3v) is 5.76. The number of rotatable bonds is 10. The van der Waals surface area contributed by atoms with Gasteiger partial charge >= 0.3 is 0 Å². The zero-order chi connectivity index (χ0) is 24.0. The Morgan fingerprint density at radius 3 is 2.38 bits per heavy atom. The average Bonchev–Trinajstić information content (AvgIpc) is 2.75. The minimum atomic E-state index is -1.55. The Labute approximate surface area is 188 Å². The molecule has 11 heteroatoms. The average molecular weight is 463 g/mol. The van der Waals surface area contributed by atoms with Crippen LogP contribution >= 0.6 is 0 Å². The molecule has 186 valence electrons. The SMILES string of the molecule is C=C(C)N[C@@H]1C(C)OC(CO)[C@@H](O)C1OC1OC(C(=O)NCCCC)[C@@H](OC)C(O)[C@@H]1O. The summed E-state index contributed by atoms with van der Waals surface area (Å²) in [6.07, 6.45) is -8.89. The topological polar surface area (TPSA) is 159 Å². The van der Waals surface area contributed by atoms with Gasteiger partial charge in [0, 0.05) is 19.4 Å². The number of hydrogen-bond donors (Lipinski definition) is 6. The molecule has 32 heavy (non-hydrogen) atoms. The van der Waals surface area contributed by atoms with Crippen molar-refractivity contribution < 1.29 is 44.2 Å². The minimum Gasteiger partial charge on any atom is -0.394 e. The van der Waals surface area contributed by atoms with Crippen LogP contribution in [0.25, 0.3) is 0 Å². The summed E-state index contributed by atoms with van der Waals surface area (Å²) in [6.45, 7) is 9.23. The Morgan fingerprint density at radius 2 is 1.81 bits per heavy atom. The Kier molecular flexibility index (Phi) is 10.3. The number of carbonyl (C=O) groups excluding carboxylic acids is 1. The molecule has 10 atom stereocenters. The zero-order valence-electron chi connectivity index (χ0n) is 19.1. The normalized spacial score (nSPS) is 40.0. The molecule has 0 saturated carbocycles. The number of allylic oxidation sites excluding steroid dienone is 1. The summed E-state index contributed by atoms with van der Waals surface area (Å²) in [5.74, 6) is -0.504. The molecular weight excluding hydrogens is 424 g/mol. The van der Waals surface area contributed by atoms with E-state index in [9.17, 15) is 25.2 Å². The smallest absolute Gasteiger partial charge is 0.252 e. The lowest BCUT2D eigenvalue weighted by Crippen LogP contribution is -2.67. The van der Waals surface area contributed by atoms with E-state index in [4.69, 9.17) is 18.9 Å². The molecule has 2 saturated heterocycles. The van der Waals surface area contributed by atoms with E-state index < -0.39 is 73.7 Å². The zero-order valence-corrected chi connectivity index (χ0v) is 19.1. The molecule has 6 unspecified atom stereocenters. The van der Waals surface area contributed by atoms with Crippen molar-refractivity contribution in [2.24, 2.45) is 0 Å². The van der Waals surface area contributed by atoms with Gasteiger partial charge in [0.25, 0.3) is 5.91 Å². The van der Waals surface area contributed by atoms with Crippen molar-refractivity contribution in [3.05, 3.63) is 12.3 Å². The second kappa shape index (κ2) is 12.2. The van der Waals surface area contributed by atoms with Gasteiger partial charge in [0.15, 0.2) is 12.4 Å². The number of amides is 1. The van der Waals surface area contributed by atoms with Gasteiger partial charge < -0.3 is 50.0 Å². The van der Waals surface area contributed by atoms with Crippen LogP contribution in [-0.2, 0) is 23.7 Å². The molecule has 0 aromatic rings. The van der Waals surface area contributed by atoms with Gasteiger partial charge in [0.2, 0.25) is 0 Å². The standard InChI is InChI=1S/C21H38N2O9/c1-6-7-8-22-20(28)19-18(29-5)15(26)16(27)21(32-19)31-17-13(23-10(2)3)11(4)30-12(9-24)14(17)25/h11-19,21,23-27H,2,6-9H2,1,3-5H3,(H,22,28)/t11?,12?,13-,14-,15?,16+,17?,18+,19?,21?/m1/s1. The van der Waals surface area contributed by atoms with Gasteiger partial charge in [0.1, 0.15) is 36.6 Å². The molecule has 0 aliphatic carbocycles. The van der Waals surface area contributed by atoms with Crippen molar-refractivity contribution in [2.75, 3.05) is 20.3 Å². The Hall–Kier alpha value is -1.31. The van der Waals surface area contributed by atoms with E-state index in [0.717, 1.165) is 12.8 Å². The van der Waals surface area contributed by atoms with Crippen molar-refractivity contribution in [1.29, 1.82) is 0 Å². The first-order valence-electron chi connectivity index (χ1n) is 11.0. The summed E-state index contributed by atoms with van der Waals surface area (Å²) in [5, 5.41) is 47.3. The summed E-state index contributed by atoms with van der Waals surface area (Å²) in [4.78, 5) is 12.7. The maximum Gasteiger partial charge on any atom is 0.252 e. The fourth-order valence-corrected chi connectivity index (χ4v) is 4.00. The van der Waals surface area contributed by atoms with Crippen molar-refractivity contribution in [3.63, 3.8) is 0 Å². The summed E-state index contributed by atoms with van der Waals surface area (Å²) < 4.78 is 22.5. The Bertz CT molecular complexity index is 622. The van der Waals surface area contributed by atoms with Gasteiger partial charge in [-0.15, -0.1) is 0 Å². The lowest BCUT2D eigenvalue weighted by molar-refractivity contribution is -0.325. The highest BCUT2D eigenvalue weighted by Gasteiger charge is 2.52. The molecule has 0 aromatic carbocycles. The predicted molar refractivity (Wildman–Crippen MR) is 113 cm³/mol. The van der Waals surface area contributed by atoms with Gasteiger partial charge in [0.05, 0.1) is 18.8 Å². The quantitative estimate of drug-likeness (QED) is 0.208. The van der Waals surface area contributed by atoms with Crippen LogP contribution in [0, 0.1) is 0 Å². The van der Waals surface area contributed by atoms with Crippen LogP contribution in [0.4, 0.5) is 0 Å². The van der Waals surface area contributed by atoms with Crippen LogP contribution in [0.15, 0.2) is 12.3 Å². The van der Waals surface area contributed by atoms with Gasteiger partial charge in [-0.1, -0.05) is 19.9 Å². The van der Waals surface area contributed by atoms with Crippen molar-refractivity contribution in [2.45, 2.75) is 94.8 Å². The first-order chi connectivity index (χ1) is 15.2. The van der Waals surface area contributed by atoms with E-state index >= 15 is 0 Å². The fourth-order valence-electron chi connectivity index (χ4n) is 4.00. The molecule has 0 aromatic heterocycles. The number of ether oxygens (including phenoxy) is 4. The van der Waals surface area contributed by atoms with Crippen LogP contribution in [0.2, 0.25) is 0 Å². The van der Waals surface area contributed by atoms with Crippen LogP contribution in [-0.4, -0.2) is 108 Å².